The Labute approximate surface area is 63.0 Å². The van der Waals surface area contributed by atoms with Gasteiger partial charge in [-0.15, -0.1) is 0 Å². The molecular weight excluding hydrogens is 85.8 g/mol. The molecule has 0 heterocycles. The van der Waals surface area contributed by atoms with Crippen LogP contribution in [0.15, 0.2) is 0 Å². The molecule has 0 amide bonds. The van der Waals surface area contributed by atoms with Gasteiger partial charge in [-0.3, -0.25) is 0 Å². The zero-order valence-corrected chi connectivity index (χ0v) is 5.86. The molecule has 0 aromatic carbocycles. The third-order valence-corrected chi connectivity index (χ3v) is 0.224. The molecular formula is C3H12BNaO. The van der Waals surface area contributed by atoms with Gasteiger partial charge < -0.3 is 5.11 Å². The molecule has 0 bridgehead atoms. The van der Waals surface area contributed by atoms with Gasteiger partial charge in [-0.1, -0.05) is 15.3 Å². The normalized spacial score (nSPS) is 5.00. The van der Waals surface area contributed by atoms with Gasteiger partial charge >= 0.3 is 29.6 Å². The fourth-order valence-corrected chi connectivity index (χ4v) is 0. The summed E-state index contributed by atoms with van der Waals surface area (Å²) in [4.78, 5) is 0. The van der Waals surface area contributed by atoms with E-state index in [0.717, 1.165) is 6.42 Å². The predicted octanol–water partition coefficient (Wildman–Crippen LogP) is -4.06. The van der Waals surface area contributed by atoms with Crippen molar-refractivity contribution in [2.75, 3.05) is 6.61 Å². The van der Waals surface area contributed by atoms with E-state index < -0.39 is 0 Å². The van der Waals surface area contributed by atoms with Crippen LogP contribution in [-0.4, -0.2) is 20.1 Å². The Morgan fingerprint density at radius 1 is 1.50 bits per heavy atom. The number of aliphatic hydroxyl groups excluding tert-OH is 1. The largest absolute Gasteiger partial charge is 1.00 e. The zero-order valence-electron chi connectivity index (χ0n) is 3.86. The third kappa shape index (κ3) is 19.9. The quantitative estimate of drug-likeness (QED) is 0.331. The molecule has 1 nitrogen and oxygen atoms in total. The van der Waals surface area contributed by atoms with Crippen LogP contribution in [-0.2, 0) is 0 Å². The SMILES string of the molecule is CCCO.[BH4-].[Na+]. The molecule has 0 aliphatic heterocycles. The van der Waals surface area contributed by atoms with Gasteiger partial charge in [0.15, 0.2) is 0 Å². The second-order valence-electron chi connectivity index (χ2n) is 0.724. The summed E-state index contributed by atoms with van der Waals surface area (Å²) in [7, 11) is 0. The van der Waals surface area contributed by atoms with Crippen LogP contribution < -0.4 is 29.6 Å². The molecule has 0 radical (unpaired) electrons. The van der Waals surface area contributed by atoms with Crippen molar-refractivity contribution in [1.82, 2.24) is 0 Å². The first-order valence-corrected chi connectivity index (χ1v) is 1.52. The van der Waals surface area contributed by atoms with Crippen molar-refractivity contribution in [3.63, 3.8) is 0 Å². The molecule has 6 heavy (non-hydrogen) atoms. The average Bonchev–Trinajstić information content (AvgIpc) is 1.37. The Bertz CT molecular complexity index is 12.8. The molecule has 0 rings (SSSR count). The van der Waals surface area contributed by atoms with Crippen LogP contribution in [0.2, 0.25) is 0 Å². The van der Waals surface area contributed by atoms with Crippen LogP contribution in [0.4, 0.5) is 0 Å². The van der Waals surface area contributed by atoms with Gasteiger partial charge in [0, 0.05) is 6.61 Å². The molecule has 0 saturated carbocycles. The van der Waals surface area contributed by atoms with E-state index in [2.05, 4.69) is 0 Å². The van der Waals surface area contributed by atoms with Crippen molar-refractivity contribution in [2.24, 2.45) is 0 Å². The number of hydrogen-bond donors (Lipinski definition) is 1. The van der Waals surface area contributed by atoms with Crippen molar-refractivity contribution in [1.29, 1.82) is 0 Å². The molecule has 0 aliphatic carbocycles. The van der Waals surface area contributed by atoms with Crippen molar-refractivity contribution in [3.05, 3.63) is 0 Å². The monoisotopic (exact) mass is 98.1 g/mol. The summed E-state index contributed by atoms with van der Waals surface area (Å²) in [6.07, 6.45) is 0.875. The molecule has 0 unspecified atom stereocenters. The van der Waals surface area contributed by atoms with E-state index in [9.17, 15) is 0 Å². The molecule has 34 valence electrons. The average molecular weight is 97.9 g/mol. The number of aliphatic hydroxyl groups is 1. The van der Waals surface area contributed by atoms with E-state index >= 15 is 0 Å². The van der Waals surface area contributed by atoms with E-state index in [4.69, 9.17) is 5.11 Å². The summed E-state index contributed by atoms with van der Waals surface area (Å²) in [5.41, 5.74) is 0. The number of rotatable bonds is 1. The minimum absolute atomic E-state index is 0. The molecule has 0 saturated heterocycles. The Morgan fingerprint density at radius 2 is 1.67 bits per heavy atom. The van der Waals surface area contributed by atoms with Gasteiger partial charge in [-0.25, -0.2) is 0 Å². The van der Waals surface area contributed by atoms with Crippen LogP contribution >= 0.6 is 0 Å². The Balaban J connectivity index is -0.0000000450. The van der Waals surface area contributed by atoms with E-state index in [0.29, 0.717) is 6.61 Å². The minimum Gasteiger partial charge on any atom is -0.396 e. The van der Waals surface area contributed by atoms with Gasteiger partial charge in [0.1, 0.15) is 0 Å². The summed E-state index contributed by atoms with van der Waals surface area (Å²) in [5, 5.41) is 7.88. The van der Waals surface area contributed by atoms with Crippen LogP contribution in [0.5, 0.6) is 0 Å². The molecule has 1 N–H and O–H groups in total. The van der Waals surface area contributed by atoms with Crippen molar-refractivity contribution in [3.8, 4) is 0 Å². The predicted molar refractivity (Wildman–Crippen MR) is 28.7 cm³/mol. The Hall–Kier alpha value is 1.02. The fraction of sp³-hybridized carbons (Fsp3) is 1.00. The third-order valence-electron chi connectivity index (χ3n) is 0.224. The molecule has 0 spiro atoms. The first kappa shape index (κ1) is 15.7. The van der Waals surface area contributed by atoms with Gasteiger partial charge in [0.05, 0.1) is 0 Å². The maximum atomic E-state index is 7.88. The van der Waals surface area contributed by atoms with Crippen LogP contribution in [0.3, 0.4) is 0 Å². The van der Waals surface area contributed by atoms with Gasteiger partial charge in [-0.2, -0.15) is 0 Å². The van der Waals surface area contributed by atoms with E-state index in [1.54, 1.807) is 0 Å². The van der Waals surface area contributed by atoms with Gasteiger partial charge in [-0.05, 0) is 6.42 Å². The van der Waals surface area contributed by atoms with Crippen molar-refractivity contribution < 1.29 is 34.7 Å². The summed E-state index contributed by atoms with van der Waals surface area (Å²) >= 11 is 0. The molecule has 0 aromatic rings. The first-order valence-electron chi connectivity index (χ1n) is 1.52. The van der Waals surface area contributed by atoms with Gasteiger partial charge in [0.2, 0.25) is 0 Å². The Kier molecular flexibility index (Phi) is 43.6. The van der Waals surface area contributed by atoms with E-state index in [1.165, 1.54) is 0 Å². The minimum atomic E-state index is 0. The van der Waals surface area contributed by atoms with Crippen LogP contribution in [0.1, 0.15) is 13.3 Å². The van der Waals surface area contributed by atoms with Crippen LogP contribution in [0, 0.1) is 0 Å². The first-order chi connectivity index (χ1) is 1.91. The second kappa shape index (κ2) is 16.6. The maximum absolute atomic E-state index is 7.88. The molecule has 0 fully saturated rings. The molecule has 0 aliphatic rings. The second-order valence-corrected chi connectivity index (χ2v) is 0.724. The smallest absolute Gasteiger partial charge is 0.396 e. The van der Waals surface area contributed by atoms with Crippen LogP contribution in [0.25, 0.3) is 0 Å². The van der Waals surface area contributed by atoms with E-state index in [-0.39, 0.29) is 38.0 Å². The van der Waals surface area contributed by atoms with Crippen molar-refractivity contribution >= 4 is 8.41 Å². The summed E-state index contributed by atoms with van der Waals surface area (Å²) < 4.78 is 0. The summed E-state index contributed by atoms with van der Waals surface area (Å²) in [5.74, 6) is 0. The maximum Gasteiger partial charge on any atom is 1.00 e. The van der Waals surface area contributed by atoms with E-state index in [1.807, 2.05) is 6.92 Å². The zero-order chi connectivity index (χ0) is 3.41. The summed E-state index contributed by atoms with van der Waals surface area (Å²) in [6, 6.07) is 0. The molecule has 0 atom stereocenters. The summed E-state index contributed by atoms with van der Waals surface area (Å²) in [6.45, 7) is 2.25. The molecule has 0 aromatic heterocycles. The molecule has 3 heteroatoms. The Morgan fingerprint density at radius 3 is 1.67 bits per heavy atom. The van der Waals surface area contributed by atoms with Gasteiger partial charge in [0.25, 0.3) is 0 Å². The number of hydrogen-bond acceptors (Lipinski definition) is 1. The fourth-order valence-electron chi connectivity index (χ4n) is 0. The topological polar surface area (TPSA) is 20.2 Å². The standard InChI is InChI=1S/C3H8O.BH4.Na/c1-2-3-4;;/h4H,2-3H2,1H3;1H4;/q;-1;+1. The van der Waals surface area contributed by atoms with Crippen molar-refractivity contribution in [2.45, 2.75) is 13.3 Å².